The summed E-state index contributed by atoms with van der Waals surface area (Å²) < 4.78 is 12.4. The second-order valence-corrected chi connectivity index (χ2v) is 6.27. The Morgan fingerprint density at radius 1 is 1.14 bits per heavy atom. The summed E-state index contributed by atoms with van der Waals surface area (Å²) in [6, 6.07) is 11.2. The fourth-order valence-corrected chi connectivity index (χ4v) is 2.81. The van der Waals surface area contributed by atoms with Crippen LogP contribution in [0, 0.1) is 6.92 Å². The van der Waals surface area contributed by atoms with Crippen molar-refractivity contribution in [2.24, 2.45) is 0 Å². The Morgan fingerprint density at radius 2 is 1.90 bits per heavy atom. The van der Waals surface area contributed by atoms with Gasteiger partial charge in [-0.2, -0.15) is 0 Å². The number of carbonyl (C=O) groups is 1. The minimum atomic E-state index is -0.355. The number of hydrogen-bond donors (Lipinski definition) is 0. The van der Waals surface area contributed by atoms with Crippen LogP contribution in [-0.2, 0) is 11.3 Å². The maximum Gasteiger partial charge on any atom is 0.337 e. The molecule has 110 valence electrons. The summed E-state index contributed by atoms with van der Waals surface area (Å²) in [5.41, 5.74) is 2.53. The molecule has 2 aromatic rings. The fraction of sp³-hybridized carbons (Fsp3) is 0.188. The lowest BCUT2D eigenvalue weighted by atomic mass is 10.1. The molecular formula is C16H14Br2O3. The number of esters is 1. The number of benzene rings is 2. The summed E-state index contributed by atoms with van der Waals surface area (Å²) in [5, 5.41) is 0. The van der Waals surface area contributed by atoms with Gasteiger partial charge in [0.05, 0.1) is 12.7 Å². The lowest BCUT2D eigenvalue weighted by Gasteiger charge is -2.11. The van der Waals surface area contributed by atoms with Crippen molar-refractivity contribution in [2.45, 2.75) is 13.5 Å². The summed E-state index contributed by atoms with van der Waals surface area (Å²) in [4.78, 5) is 11.5. The van der Waals surface area contributed by atoms with E-state index in [0.717, 1.165) is 25.8 Å². The van der Waals surface area contributed by atoms with Crippen LogP contribution in [0.5, 0.6) is 5.75 Å². The van der Waals surface area contributed by atoms with Gasteiger partial charge in [-0.05, 0) is 42.8 Å². The number of aryl methyl sites for hydroxylation is 1. The van der Waals surface area contributed by atoms with Crippen molar-refractivity contribution in [2.75, 3.05) is 7.11 Å². The number of ether oxygens (including phenoxy) is 2. The second kappa shape index (κ2) is 7.09. The first-order valence-corrected chi connectivity index (χ1v) is 7.85. The normalized spacial score (nSPS) is 10.3. The van der Waals surface area contributed by atoms with Crippen LogP contribution in [0.4, 0.5) is 0 Å². The van der Waals surface area contributed by atoms with Crippen LogP contribution in [0.15, 0.2) is 45.3 Å². The molecule has 0 saturated heterocycles. The third-order valence-corrected chi connectivity index (χ3v) is 4.23. The van der Waals surface area contributed by atoms with E-state index in [1.807, 2.05) is 31.2 Å². The van der Waals surface area contributed by atoms with Gasteiger partial charge in [-0.3, -0.25) is 0 Å². The van der Waals surface area contributed by atoms with E-state index >= 15 is 0 Å². The molecular weight excluding hydrogens is 400 g/mol. The van der Waals surface area contributed by atoms with Crippen LogP contribution in [0.3, 0.4) is 0 Å². The van der Waals surface area contributed by atoms with E-state index in [1.54, 1.807) is 12.1 Å². The number of rotatable bonds is 4. The van der Waals surface area contributed by atoms with Gasteiger partial charge in [-0.1, -0.05) is 37.9 Å². The van der Waals surface area contributed by atoms with Crippen LogP contribution in [0.1, 0.15) is 21.5 Å². The average molecular weight is 414 g/mol. The van der Waals surface area contributed by atoms with Gasteiger partial charge >= 0.3 is 5.97 Å². The van der Waals surface area contributed by atoms with Gasteiger partial charge in [0, 0.05) is 14.5 Å². The van der Waals surface area contributed by atoms with Crippen molar-refractivity contribution in [3.63, 3.8) is 0 Å². The Hall–Kier alpha value is -1.33. The summed E-state index contributed by atoms with van der Waals surface area (Å²) in [6.07, 6.45) is 0. The molecule has 0 atom stereocenters. The molecule has 21 heavy (non-hydrogen) atoms. The standard InChI is InChI=1S/C16H14Br2O3/c1-10-7-13(17)5-6-15(10)21-9-12-4-3-11(8-14(12)18)16(19)20-2/h3-8H,9H2,1-2H3. The fourth-order valence-electron chi connectivity index (χ4n) is 1.84. The first kappa shape index (κ1) is 16.0. The zero-order valence-electron chi connectivity index (χ0n) is 11.7. The van der Waals surface area contributed by atoms with Gasteiger partial charge < -0.3 is 9.47 Å². The first-order chi connectivity index (χ1) is 10.0. The van der Waals surface area contributed by atoms with Crippen molar-refractivity contribution in [1.82, 2.24) is 0 Å². The summed E-state index contributed by atoms with van der Waals surface area (Å²) in [5.74, 6) is 0.481. The lowest BCUT2D eigenvalue weighted by molar-refractivity contribution is 0.0600. The maximum absolute atomic E-state index is 11.5. The van der Waals surface area contributed by atoms with E-state index in [9.17, 15) is 4.79 Å². The van der Waals surface area contributed by atoms with Crippen molar-refractivity contribution < 1.29 is 14.3 Å². The highest BCUT2D eigenvalue weighted by Gasteiger charge is 2.09. The van der Waals surface area contributed by atoms with E-state index in [0.29, 0.717) is 12.2 Å². The molecule has 2 rings (SSSR count). The Labute approximate surface area is 140 Å². The third-order valence-electron chi connectivity index (χ3n) is 2.99. The predicted molar refractivity (Wildman–Crippen MR) is 88.7 cm³/mol. The Bertz CT molecular complexity index is 669. The third kappa shape index (κ3) is 4.08. The number of halogens is 2. The van der Waals surface area contributed by atoms with Crippen molar-refractivity contribution in [1.29, 1.82) is 0 Å². The first-order valence-electron chi connectivity index (χ1n) is 6.27. The van der Waals surface area contributed by atoms with Crippen LogP contribution < -0.4 is 4.74 Å². The molecule has 2 aromatic carbocycles. The molecule has 0 radical (unpaired) electrons. The Morgan fingerprint density at radius 3 is 2.52 bits per heavy atom. The highest BCUT2D eigenvalue weighted by Crippen LogP contribution is 2.25. The molecule has 0 aliphatic rings. The molecule has 0 aliphatic carbocycles. The summed E-state index contributed by atoms with van der Waals surface area (Å²) in [6.45, 7) is 2.42. The molecule has 0 N–H and O–H groups in total. The Kier molecular flexibility index (Phi) is 5.42. The largest absolute Gasteiger partial charge is 0.489 e. The lowest BCUT2D eigenvalue weighted by Crippen LogP contribution is -2.03. The number of methoxy groups -OCH3 is 1. The highest BCUT2D eigenvalue weighted by atomic mass is 79.9. The molecule has 0 bridgehead atoms. The predicted octanol–water partition coefficient (Wildman–Crippen LogP) is 4.89. The molecule has 0 aromatic heterocycles. The van der Waals surface area contributed by atoms with Crippen LogP contribution in [0.2, 0.25) is 0 Å². The van der Waals surface area contributed by atoms with Gasteiger partial charge in [0.2, 0.25) is 0 Å². The molecule has 0 fully saturated rings. The molecule has 0 unspecified atom stereocenters. The van der Waals surface area contributed by atoms with E-state index in [2.05, 4.69) is 31.9 Å². The van der Waals surface area contributed by atoms with E-state index in [-0.39, 0.29) is 5.97 Å². The molecule has 3 nitrogen and oxygen atoms in total. The SMILES string of the molecule is COC(=O)c1ccc(COc2ccc(Br)cc2C)c(Br)c1. The van der Waals surface area contributed by atoms with Crippen molar-refractivity contribution in [3.8, 4) is 5.75 Å². The molecule has 0 spiro atoms. The van der Waals surface area contributed by atoms with E-state index in [4.69, 9.17) is 9.47 Å². The van der Waals surface area contributed by atoms with E-state index < -0.39 is 0 Å². The maximum atomic E-state index is 11.5. The van der Waals surface area contributed by atoms with Gasteiger partial charge in [0.1, 0.15) is 12.4 Å². The van der Waals surface area contributed by atoms with Crippen molar-refractivity contribution >= 4 is 37.8 Å². The quantitative estimate of drug-likeness (QED) is 0.669. The molecule has 5 heteroatoms. The minimum Gasteiger partial charge on any atom is -0.489 e. The molecule has 0 saturated carbocycles. The summed E-state index contributed by atoms with van der Waals surface area (Å²) >= 11 is 6.88. The van der Waals surface area contributed by atoms with Crippen LogP contribution in [0.25, 0.3) is 0 Å². The second-order valence-electron chi connectivity index (χ2n) is 4.50. The monoisotopic (exact) mass is 412 g/mol. The van der Waals surface area contributed by atoms with Crippen LogP contribution in [-0.4, -0.2) is 13.1 Å². The van der Waals surface area contributed by atoms with Gasteiger partial charge in [-0.25, -0.2) is 4.79 Å². The molecule has 0 amide bonds. The number of carbonyl (C=O) groups excluding carboxylic acids is 1. The summed E-state index contributed by atoms with van der Waals surface area (Å²) in [7, 11) is 1.36. The topological polar surface area (TPSA) is 35.5 Å². The van der Waals surface area contributed by atoms with E-state index in [1.165, 1.54) is 7.11 Å². The van der Waals surface area contributed by atoms with Crippen molar-refractivity contribution in [3.05, 3.63) is 62.0 Å². The van der Waals surface area contributed by atoms with Gasteiger partial charge in [0.25, 0.3) is 0 Å². The highest BCUT2D eigenvalue weighted by molar-refractivity contribution is 9.10. The zero-order chi connectivity index (χ0) is 15.4. The number of hydrogen-bond acceptors (Lipinski definition) is 3. The molecule has 0 heterocycles. The van der Waals surface area contributed by atoms with Gasteiger partial charge in [0.15, 0.2) is 0 Å². The minimum absolute atomic E-state index is 0.355. The van der Waals surface area contributed by atoms with Gasteiger partial charge in [-0.15, -0.1) is 0 Å². The average Bonchev–Trinajstić information content (AvgIpc) is 2.46. The zero-order valence-corrected chi connectivity index (χ0v) is 14.8. The Balaban J connectivity index is 2.11. The smallest absolute Gasteiger partial charge is 0.337 e. The molecule has 0 aliphatic heterocycles. The van der Waals surface area contributed by atoms with Crippen LogP contribution >= 0.6 is 31.9 Å².